The summed E-state index contributed by atoms with van der Waals surface area (Å²) in [4.78, 5) is 26.9. The molecule has 0 saturated carbocycles. The molecule has 1 aromatic heterocycles. The largest absolute Gasteiger partial charge is 0.497 e. The Kier molecular flexibility index (Phi) is 6.01. The molecule has 1 aliphatic heterocycles. The van der Waals surface area contributed by atoms with Crippen LogP contribution in [0.25, 0.3) is 5.69 Å². The number of carbonyl (C=O) groups excluding carboxylic acids is 1. The number of hydrogen-bond acceptors (Lipinski definition) is 5. The highest BCUT2D eigenvalue weighted by Gasteiger charge is 2.31. The first-order chi connectivity index (χ1) is 17.4. The summed E-state index contributed by atoms with van der Waals surface area (Å²) < 4.78 is 20.1. The van der Waals surface area contributed by atoms with E-state index in [0.29, 0.717) is 46.5 Å². The second-order valence-corrected chi connectivity index (χ2v) is 8.73. The lowest BCUT2D eigenvalue weighted by Gasteiger charge is -2.21. The van der Waals surface area contributed by atoms with Crippen molar-refractivity contribution in [2.45, 2.75) is 26.8 Å². The van der Waals surface area contributed by atoms with E-state index in [1.54, 1.807) is 43.2 Å². The molecular weight excluding hydrogens is 458 g/mol. The van der Waals surface area contributed by atoms with Crippen LogP contribution in [0.5, 0.6) is 23.1 Å². The van der Waals surface area contributed by atoms with Crippen LogP contribution in [0.15, 0.2) is 65.5 Å². The minimum atomic E-state index is -0.312. The molecule has 0 saturated heterocycles. The Morgan fingerprint density at radius 2 is 1.81 bits per heavy atom. The SMILES string of the molecule is COc1cccc(NC(=O)Cn2c3c(c(=O)n2-c2ccc(C)c(C)c2)Cc2cccc(OC)c2O3)c1. The van der Waals surface area contributed by atoms with Crippen LogP contribution in [0.3, 0.4) is 0 Å². The highest BCUT2D eigenvalue weighted by atomic mass is 16.5. The van der Waals surface area contributed by atoms with Crippen LogP contribution in [0, 0.1) is 13.8 Å². The van der Waals surface area contributed by atoms with Gasteiger partial charge in [-0.3, -0.25) is 9.59 Å². The zero-order valence-electron chi connectivity index (χ0n) is 20.6. The van der Waals surface area contributed by atoms with E-state index in [1.807, 2.05) is 50.2 Å². The number of methoxy groups -OCH3 is 2. The maximum atomic E-state index is 13.7. The van der Waals surface area contributed by atoms with Crippen LogP contribution in [-0.4, -0.2) is 29.5 Å². The number of fused-ring (bicyclic) bond motifs is 2. The third-order valence-corrected chi connectivity index (χ3v) is 6.41. The molecule has 0 spiro atoms. The molecule has 1 aliphatic rings. The maximum absolute atomic E-state index is 13.7. The number of amides is 1. The maximum Gasteiger partial charge on any atom is 0.278 e. The second-order valence-electron chi connectivity index (χ2n) is 8.73. The van der Waals surface area contributed by atoms with E-state index in [-0.39, 0.29) is 18.0 Å². The molecule has 5 rings (SSSR count). The van der Waals surface area contributed by atoms with Gasteiger partial charge in [-0.2, -0.15) is 0 Å². The van der Waals surface area contributed by atoms with Crippen molar-refractivity contribution in [3.63, 3.8) is 0 Å². The summed E-state index contributed by atoms with van der Waals surface area (Å²) in [6.45, 7) is 3.86. The molecule has 4 aromatic rings. The normalized spacial score (nSPS) is 11.8. The molecule has 0 atom stereocenters. The zero-order chi connectivity index (χ0) is 25.4. The molecule has 0 radical (unpaired) electrons. The number of nitrogens with one attached hydrogen (secondary N) is 1. The molecule has 8 nitrogen and oxygen atoms in total. The smallest absolute Gasteiger partial charge is 0.278 e. The Hall–Kier alpha value is -4.46. The van der Waals surface area contributed by atoms with Crippen LogP contribution in [0.2, 0.25) is 0 Å². The van der Waals surface area contributed by atoms with Crippen LogP contribution >= 0.6 is 0 Å². The lowest BCUT2D eigenvalue weighted by molar-refractivity contribution is -0.117. The van der Waals surface area contributed by atoms with E-state index in [4.69, 9.17) is 14.2 Å². The van der Waals surface area contributed by atoms with Crippen LogP contribution in [0.4, 0.5) is 5.69 Å². The number of ether oxygens (including phenoxy) is 3. The number of anilines is 1. The molecule has 1 N–H and O–H groups in total. The Bertz CT molecular complexity index is 1530. The number of para-hydroxylation sites is 1. The fourth-order valence-corrected chi connectivity index (χ4v) is 4.40. The average molecular weight is 486 g/mol. The fourth-order valence-electron chi connectivity index (χ4n) is 4.40. The Labute approximate surface area is 208 Å². The first-order valence-electron chi connectivity index (χ1n) is 11.6. The number of benzene rings is 3. The summed E-state index contributed by atoms with van der Waals surface area (Å²) >= 11 is 0. The number of carbonyl (C=O) groups is 1. The number of aryl methyl sites for hydroxylation is 2. The number of hydrogen-bond donors (Lipinski definition) is 1. The summed E-state index contributed by atoms with van der Waals surface area (Å²) in [7, 11) is 3.14. The van der Waals surface area contributed by atoms with Crippen LogP contribution in [-0.2, 0) is 17.8 Å². The molecular formula is C28H27N3O5. The van der Waals surface area contributed by atoms with Crippen molar-refractivity contribution in [2.24, 2.45) is 0 Å². The first kappa shape index (κ1) is 23.3. The lowest BCUT2D eigenvalue weighted by atomic mass is 10.0. The summed E-state index contributed by atoms with van der Waals surface area (Å²) in [6, 6.07) is 18.5. The summed E-state index contributed by atoms with van der Waals surface area (Å²) in [5.74, 6) is 1.76. The standard InChI is InChI=1S/C28H27N3O5/c1-17-11-12-21(13-18(17)2)31-27(33)23-14-19-7-5-10-24(35-4)26(19)36-28(23)30(31)16-25(32)29-20-8-6-9-22(15-20)34-3/h5-13,15H,14,16H2,1-4H3,(H,29,32). The number of rotatable bonds is 6. The predicted octanol–water partition coefficient (Wildman–Crippen LogP) is 4.61. The third kappa shape index (κ3) is 4.11. The third-order valence-electron chi connectivity index (χ3n) is 6.41. The molecule has 1 amide bonds. The lowest BCUT2D eigenvalue weighted by Crippen LogP contribution is -2.27. The van der Waals surface area contributed by atoms with Gasteiger partial charge in [0.15, 0.2) is 11.5 Å². The molecule has 3 aromatic carbocycles. The summed E-state index contributed by atoms with van der Waals surface area (Å²) in [5.41, 5.74) is 4.51. The van der Waals surface area contributed by atoms with Gasteiger partial charge in [0.1, 0.15) is 12.3 Å². The quantitative estimate of drug-likeness (QED) is 0.380. The van der Waals surface area contributed by atoms with E-state index in [2.05, 4.69) is 5.32 Å². The van der Waals surface area contributed by atoms with Crippen molar-refractivity contribution in [3.05, 3.63) is 93.3 Å². The molecule has 2 heterocycles. The van der Waals surface area contributed by atoms with Crippen molar-refractivity contribution >= 4 is 11.6 Å². The van der Waals surface area contributed by atoms with Gasteiger partial charge in [0.25, 0.3) is 5.56 Å². The Balaban J connectivity index is 1.60. The van der Waals surface area contributed by atoms with Crippen molar-refractivity contribution in [2.75, 3.05) is 19.5 Å². The van der Waals surface area contributed by atoms with Gasteiger partial charge in [0.2, 0.25) is 11.8 Å². The van der Waals surface area contributed by atoms with Gasteiger partial charge in [0.05, 0.1) is 25.5 Å². The molecule has 0 aliphatic carbocycles. The Morgan fingerprint density at radius 1 is 1.00 bits per heavy atom. The topological polar surface area (TPSA) is 83.7 Å². The zero-order valence-corrected chi connectivity index (χ0v) is 20.6. The first-order valence-corrected chi connectivity index (χ1v) is 11.6. The van der Waals surface area contributed by atoms with Gasteiger partial charge in [-0.25, -0.2) is 9.36 Å². The van der Waals surface area contributed by atoms with Gasteiger partial charge >= 0.3 is 0 Å². The van der Waals surface area contributed by atoms with Gasteiger partial charge in [0, 0.05) is 23.7 Å². The molecule has 36 heavy (non-hydrogen) atoms. The number of nitrogens with zero attached hydrogens (tertiary/aromatic N) is 2. The predicted molar refractivity (Wildman–Crippen MR) is 137 cm³/mol. The highest BCUT2D eigenvalue weighted by molar-refractivity contribution is 5.90. The van der Waals surface area contributed by atoms with E-state index in [1.165, 1.54) is 4.68 Å². The van der Waals surface area contributed by atoms with Gasteiger partial charge in [-0.1, -0.05) is 24.3 Å². The van der Waals surface area contributed by atoms with Crippen LogP contribution in [0.1, 0.15) is 22.3 Å². The molecule has 8 heteroatoms. The van der Waals surface area contributed by atoms with E-state index < -0.39 is 0 Å². The molecule has 0 unspecified atom stereocenters. The monoisotopic (exact) mass is 485 g/mol. The molecule has 0 bridgehead atoms. The van der Waals surface area contributed by atoms with Crippen LogP contribution < -0.4 is 25.1 Å². The van der Waals surface area contributed by atoms with E-state index >= 15 is 0 Å². The minimum absolute atomic E-state index is 0.140. The van der Waals surface area contributed by atoms with Crippen molar-refractivity contribution in [1.29, 1.82) is 0 Å². The highest BCUT2D eigenvalue weighted by Crippen LogP contribution is 2.41. The number of aromatic nitrogens is 2. The summed E-state index contributed by atoms with van der Waals surface area (Å²) in [6.07, 6.45) is 0.371. The van der Waals surface area contributed by atoms with Crippen molar-refractivity contribution in [3.8, 4) is 28.8 Å². The summed E-state index contributed by atoms with van der Waals surface area (Å²) in [5, 5.41) is 2.89. The minimum Gasteiger partial charge on any atom is -0.497 e. The van der Waals surface area contributed by atoms with Gasteiger partial charge in [-0.15, -0.1) is 0 Å². The van der Waals surface area contributed by atoms with E-state index in [9.17, 15) is 9.59 Å². The van der Waals surface area contributed by atoms with Crippen molar-refractivity contribution < 1.29 is 19.0 Å². The molecule has 184 valence electrons. The van der Waals surface area contributed by atoms with Crippen molar-refractivity contribution in [1.82, 2.24) is 9.36 Å². The molecule has 0 fully saturated rings. The van der Waals surface area contributed by atoms with Gasteiger partial charge < -0.3 is 19.5 Å². The Morgan fingerprint density at radius 3 is 2.56 bits per heavy atom. The van der Waals surface area contributed by atoms with E-state index in [0.717, 1.165) is 16.7 Å². The van der Waals surface area contributed by atoms with Gasteiger partial charge in [-0.05, 0) is 55.3 Å². The average Bonchev–Trinajstić information content (AvgIpc) is 3.14. The second kappa shape index (κ2) is 9.30. The fraction of sp³-hybridized carbons (Fsp3) is 0.214.